The van der Waals surface area contributed by atoms with Crippen LogP contribution in [0.15, 0.2) is 48.5 Å². The number of carbonyl (C=O) groups excluding carboxylic acids is 2. The number of ether oxygens (including phenoxy) is 1. The summed E-state index contributed by atoms with van der Waals surface area (Å²) in [6.45, 7) is 4.45. The Labute approximate surface area is 195 Å². The van der Waals surface area contributed by atoms with Crippen molar-refractivity contribution in [1.29, 1.82) is 0 Å². The molecule has 1 heterocycles. The van der Waals surface area contributed by atoms with Gasteiger partial charge in [-0.05, 0) is 66.6 Å². The average molecular weight is 453 g/mol. The molecule has 5 atom stereocenters. The van der Waals surface area contributed by atoms with E-state index in [1.165, 1.54) is 18.6 Å². The lowest BCUT2D eigenvalue weighted by molar-refractivity contribution is -0.130. The first-order valence-corrected chi connectivity index (χ1v) is 11.9. The Kier molecular flexibility index (Phi) is 7.01. The van der Waals surface area contributed by atoms with E-state index in [9.17, 15) is 14.0 Å². The molecule has 2 fully saturated rings. The number of halogens is 1. The number of carbonyl (C=O) groups is 2. The van der Waals surface area contributed by atoms with Crippen molar-refractivity contribution in [3.05, 3.63) is 59.9 Å². The minimum absolute atomic E-state index is 0.0266. The van der Waals surface area contributed by atoms with E-state index in [-0.39, 0.29) is 23.7 Å². The predicted molar refractivity (Wildman–Crippen MR) is 126 cm³/mol. The molecular formula is C27H33FN2O3. The zero-order valence-corrected chi connectivity index (χ0v) is 19.6. The Morgan fingerprint density at radius 3 is 2.39 bits per heavy atom. The summed E-state index contributed by atoms with van der Waals surface area (Å²) >= 11 is 0. The van der Waals surface area contributed by atoms with Crippen molar-refractivity contribution in [2.24, 2.45) is 17.8 Å². The zero-order chi connectivity index (χ0) is 23.5. The van der Waals surface area contributed by atoms with Crippen molar-refractivity contribution < 1.29 is 18.7 Å². The molecule has 0 bridgehead atoms. The highest BCUT2D eigenvalue weighted by Gasteiger charge is 2.42. The SMILES string of the molecule is COc1ccc(N2C(=O)CC[C@@H](C(=O)N[C@@H]3CCC[C@H](C)[C@H]3C)[C@H]2c2ccc(F)cc2)cc1. The van der Waals surface area contributed by atoms with Gasteiger partial charge in [-0.25, -0.2) is 4.39 Å². The first-order valence-electron chi connectivity index (χ1n) is 11.9. The zero-order valence-electron chi connectivity index (χ0n) is 19.6. The van der Waals surface area contributed by atoms with Crippen molar-refractivity contribution in [1.82, 2.24) is 5.32 Å². The van der Waals surface area contributed by atoms with Gasteiger partial charge in [0.05, 0.1) is 19.1 Å². The molecule has 176 valence electrons. The molecule has 1 N–H and O–H groups in total. The second-order valence-electron chi connectivity index (χ2n) is 9.49. The number of benzene rings is 2. The second kappa shape index (κ2) is 9.94. The first-order chi connectivity index (χ1) is 15.9. The normalized spacial score (nSPS) is 27.8. The summed E-state index contributed by atoms with van der Waals surface area (Å²) in [7, 11) is 1.59. The van der Waals surface area contributed by atoms with Crippen LogP contribution in [0.3, 0.4) is 0 Å². The van der Waals surface area contributed by atoms with Gasteiger partial charge in [0.2, 0.25) is 11.8 Å². The van der Waals surface area contributed by atoms with Gasteiger partial charge in [-0.1, -0.05) is 38.8 Å². The summed E-state index contributed by atoms with van der Waals surface area (Å²) in [5, 5.41) is 3.31. The van der Waals surface area contributed by atoms with E-state index in [1.54, 1.807) is 36.3 Å². The van der Waals surface area contributed by atoms with Crippen LogP contribution in [0.5, 0.6) is 5.75 Å². The van der Waals surface area contributed by atoms with Crippen molar-refractivity contribution in [3.8, 4) is 5.75 Å². The van der Waals surface area contributed by atoms with Crippen LogP contribution in [0, 0.1) is 23.6 Å². The number of hydrogen-bond acceptors (Lipinski definition) is 3. The highest BCUT2D eigenvalue weighted by Crippen LogP contribution is 2.41. The summed E-state index contributed by atoms with van der Waals surface area (Å²) < 4.78 is 19.0. The maximum atomic E-state index is 13.7. The molecule has 0 unspecified atom stereocenters. The van der Waals surface area contributed by atoms with Crippen molar-refractivity contribution >= 4 is 17.5 Å². The summed E-state index contributed by atoms with van der Waals surface area (Å²) in [4.78, 5) is 28.5. The molecule has 2 amide bonds. The monoisotopic (exact) mass is 452 g/mol. The van der Waals surface area contributed by atoms with Gasteiger partial charge >= 0.3 is 0 Å². The molecule has 33 heavy (non-hydrogen) atoms. The number of nitrogens with zero attached hydrogens (tertiary/aromatic N) is 1. The van der Waals surface area contributed by atoms with Crippen molar-refractivity contribution in [2.45, 2.75) is 58.0 Å². The third kappa shape index (κ3) is 4.90. The quantitative estimate of drug-likeness (QED) is 0.673. The molecule has 1 saturated carbocycles. The van der Waals surface area contributed by atoms with Gasteiger partial charge in [-0.2, -0.15) is 0 Å². The lowest BCUT2D eigenvalue weighted by atomic mass is 9.77. The van der Waals surface area contributed by atoms with Crippen molar-refractivity contribution in [3.63, 3.8) is 0 Å². The highest BCUT2D eigenvalue weighted by atomic mass is 19.1. The molecule has 1 aliphatic carbocycles. The molecule has 2 aromatic carbocycles. The molecule has 2 aromatic rings. The summed E-state index contributed by atoms with van der Waals surface area (Å²) in [5.74, 6) is 0.842. The van der Waals surface area contributed by atoms with Crippen LogP contribution in [-0.4, -0.2) is 25.0 Å². The van der Waals surface area contributed by atoms with Crippen molar-refractivity contribution in [2.75, 3.05) is 12.0 Å². The minimum atomic E-state index is -0.503. The molecule has 1 saturated heterocycles. The third-order valence-electron chi connectivity index (χ3n) is 7.53. The molecule has 0 aromatic heterocycles. The highest BCUT2D eigenvalue weighted by molar-refractivity contribution is 5.97. The van der Waals surface area contributed by atoms with Crippen LogP contribution < -0.4 is 15.0 Å². The summed E-state index contributed by atoms with van der Waals surface area (Å²) in [6, 6.07) is 13.1. The van der Waals surface area contributed by atoms with E-state index >= 15 is 0 Å². The first kappa shape index (κ1) is 23.3. The van der Waals surface area contributed by atoms with Gasteiger partial charge in [-0.3, -0.25) is 9.59 Å². The molecule has 0 spiro atoms. The van der Waals surface area contributed by atoms with Crippen LogP contribution in [0.1, 0.15) is 57.6 Å². The number of amides is 2. The summed E-state index contributed by atoms with van der Waals surface area (Å²) in [5.41, 5.74) is 1.46. The standard InChI is InChI=1S/C27H33FN2O3/c1-17-5-4-6-24(18(17)2)29-27(32)23-15-16-25(31)30(21-11-13-22(33-3)14-12-21)26(23)19-7-9-20(28)10-8-19/h7-14,17-18,23-24,26H,4-6,15-16H2,1-3H3,(H,29,32)/t17-,18+,23+,24+,26+/m0/s1. The van der Waals surface area contributed by atoms with E-state index in [1.807, 2.05) is 12.1 Å². The fourth-order valence-electron chi connectivity index (χ4n) is 5.33. The van der Waals surface area contributed by atoms with Crippen LogP contribution in [0.25, 0.3) is 0 Å². The second-order valence-corrected chi connectivity index (χ2v) is 9.49. The van der Waals surface area contributed by atoms with E-state index in [2.05, 4.69) is 19.2 Å². The van der Waals surface area contributed by atoms with Crippen LogP contribution in [0.2, 0.25) is 0 Å². The van der Waals surface area contributed by atoms with Gasteiger partial charge in [0.25, 0.3) is 0 Å². The van der Waals surface area contributed by atoms with Crippen LogP contribution in [0.4, 0.5) is 10.1 Å². The molecule has 6 heteroatoms. The largest absolute Gasteiger partial charge is 0.497 e. The van der Waals surface area contributed by atoms with Gasteiger partial charge in [0.1, 0.15) is 11.6 Å². The number of anilines is 1. The third-order valence-corrected chi connectivity index (χ3v) is 7.53. The number of methoxy groups -OCH3 is 1. The Morgan fingerprint density at radius 2 is 1.73 bits per heavy atom. The molecule has 1 aliphatic heterocycles. The Balaban J connectivity index is 1.67. The van der Waals surface area contributed by atoms with Gasteiger partial charge in [-0.15, -0.1) is 0 Å². The van der Waals surface area contributed by atoms with Gasteiger partial charge in [0.15, 0.2) is 0 Å². The maximum Gasteiger partial charge on any atom is 0.227 e. The Hall–Kier alpha value is -2.89. The fraction of sp³-hybridized carbons (Fsp3) is 0.481. The molecule has 0 radical (unpaired) electrons. The van der Waals surface area contributed by atoms with Gasteiger partial charge < -0.3 is 15.0 Å². The smallest absolute Gasteiger partial charge is 0.227 e. The average Bonchev–Trinajstić information content (AvgIpc) is 2.82. The Morgan fingerprint density at radius 1 is 1.03 bits per heavy atom. The fourth-order valence-corrected chi connectivity index (χ4v) is 5.33. The molecular weight excluding hydrogens is 419 g/mol. The Bertz CT molecular complexity index is 976. The van der Waals surface area contributed by atoms with E-state index in [0.717, 1.165) is 18.4 Å². The van der Waals surface area contributed by atoms with Crippen LogP contribution >= 0.6 is 0 Å². The molecule has 5 nitrogen and oxygen atoms in total. The van der Waals surface area contributed by atoms with Crippen LogP contribution in [-0.2, 0) is 9.59 Å². The summed E-state index contributed by atoms with van der Waals surface area (Å²) in [6.07, 6.45) is 4.04. The lowest BCUT2D eigenvalue weighted by Crippen LogP contribution is -2.52. The van der Waals surface area contributed by atoms with Gasteiger partial charge in [0, 0.05) is 18.2 Å². The number of hydrogen-bond donors (Lipinski definition) is 1. The number of nitrogens with one attached hydrogen (secondary N) is 1. The molecule has 4 rings (SSSR count). The molecule has 2 aliphatic rings. The van der Waals surface area contributed by atoms with E-state index in [0.29, 0.717) is 36.1 Å². The van der Waals surface area contributed by atoms with E-state index < -0.39 is 12.0 Å². The lowest BCUT2D eigenvalue weighted by Gasteiger charge is -2.42. The minimum Gasteiger partial charge on any atom is -0.497 e. The predicted octanol–water partition coefficient (Wildman–Crippen LogP) is 5.26. The topological polar surface area (TPSA) is 58.6 Å². The maximum absolute atomic E-state index is 13.7. The number of rotatable bonds is 5. The van der Waals surface area contributed by atoms with E-state index in [4.69, 9.17) is 4.74 Å². The number of piperidine rings is 1.